The molecule has 0 fully saturated rings. The van der Waals surface area contributed by atoms with Gasteiger partial charge in [0, 0.05) is 12.1 Å². The maximum absolute atomic E-state index is 13.2. The van der Waals surface area contributed by atoms with Crippen molar-refractivity contribution in [2.75, 3.05) is 11.1 Å². The van der Waals surface area contributed by atoms with Crippen LogP contribution in [-0.2, 0) is 0 Å². The van der Waals surface area contributed by atoms with E-state index in [1.165, 1.54) is 6.07 Å². The molecule has 0 heterocycles. The second-order valence-electron chi connectivity index (χ2n) is 3.42. The van der Waals surface area contributed by atoms with Crippen LogP contribution in [0.4, 0.5) is 15.8 Å². The fourth-order valence-electron chi connectivity index (χ4n) is 1.26. The van der Waals surface area contributed by atoms with E-state index >= 15 is 0 Å². The average Bonchev–Trinajstić information content (AvgIpc) is 2.14. The van der Waals surface area contributed by atoms with Gasteiger partial charge in [0.1, 0.15) is 5.82 Å². The summed E-state index contributed by atoms with van der Waals surface area (Å²) >= 11 is 3.08. The van der Waals surface area contributed by atoms with Crippen LogP contribution >= 0.6 is 15.9 Å². The highest BCUT2D eigenvalue weighted by molar-refractivity contribution is 9.10. The minimum atomic E-state index is -0.322. The van der Waals surface area contributed by atoms with Crippen molar-refractivity contribution in [1.82, 2.24) is 0 Å². The molecule has 15 heavy (non-hydrogen) atoms. The highest BCUT2D eigenvalue weighted by Crippen LogP contribution is 2.27. The Hall–Kier alpha value is -1.03. The number of anilines is 2. The monoisotopic (exact) mass is 272 g/mol. The topological polar surface area (TPSA) is 38.0 Å². The molecule has 1 atom stereocenters. The van der Waals surface area contributed by atoms with Gasteiger partial charge < -0.3 is 11.1 Å². The van der Waals surface area contributed by atoms with E-state index in [1.807, 2.05) is 13.0 Å². The lowest BCUT2D eigenvalue weighted by atomic mass is 10.2. The number of rotatable bonds is 4. The Morgan fingerprint density at radius 1 is 1.67 bits per heavy atom. The van der Waals surface area contributed by atoms with Gasteiger partial charge in [-0.15, -0.1) is 6.58 Å². The summed E-state index contributed by atoms with van der Waals surface area (Å²) in [5.41, 5.74) is 6.89. The van der Waals surface area contributed by atoms with Crippen molar-refractivity contribution in [1.29, 1.82) is 0 Å². The first-order valence-corrected chi connectivity index (χ1v) is 5.46. The summed E-state index contributed by atoms with van der Waals surface area (Å²) in [6.45, 7) is 5.63. The highest BCUT2D eigenvalue weighted by Gasteiger charge is 2.07. The largest absolute Gasteiger partial charge is 0.397 e. The molecule has 2 nitrogen and oxygen atoms in total. The molecule has 0 spiro atoms. The molecule has 0 radical (unpaired) electrons. The van der Waals surface area contributed by atoms with Gasteiger partial charge in [-0.1, -0.05) is 6.08 Å². The zero-order valence-electron chi connectivity index (χ0n) is 8.56. The van der Waals surface area contributed by atoms with Crippen LogP contribution in [0, 0.1) is 5.82 Å². The maximum Gasteiger partial charge on any atom is 0.139 e. The Morgan fingerprint density at radius 3 is 2.93 bits per heavy atom. The normalized spacial score (nSPS) is 12.2. The number of hydrogen-bond acceptors (Lipinski definition) is 2. The Labute approximate surface area is 97.5 Å². The van der Waals surface area contributed by atoms with E-state index in [0.717, 1.165) is 6.42 Å². The molecule has 0 aliphatic rings. The first-order valence-electron chi connectivity index (χ1n) is 4.66. The van der Waals surface area contributed by atoms with Crippen LogP contribution < -0.4 is 11.1 Å². The molecule has 0 bridgehead atoms. The first-order chi connectivity index (χ1) is 7.04. The molecule has 0 aliphatic carbocycles. The number of benzene rings is 1. The van der Waals surface area contributed by atoms with Gasteiger partial charge >= 0.3 is 0 Å². The van der Waals surface area contributed by atoms with Crippen molar-refractivity contribution < 1.29 is 4.39 Å². The van der Waals surface area contributed by atoms with Crippen LogP contribution in [0.5, 0.6) is 0 Å². The lowest BCUT2D eigenvalue weighted by Crippen LogP contribution is -2.15. The van der Waals surface area contributed by atoms with E-state index in [4.69, 9.17) is 5.73 Å². The molecule has 1 rings (SSSR count). The molecule has 3 N–H and O–H groups in total. The van der Waals surface area contributed by atoms with E-state index in [-0.39, 0.29) is 11.9 Å². The number of nitrogens with two attached hydrogens (primary N) is 1. The van der Waals surface area contributed by atoms with E-state index in [2.05, 4.69) is 27.8 Å². The fraction of sp³-hybridized carbons (Fsp3) is 0.273. The summed E-state index contributed by atoms with van der Waals surface area (Å²) in [5, 5.41) is 3.12. The van der Waals surface area contributed by atoms with Crippen molar-refractivity contribution in [2.45, 2.75) is 19.4 Å². The van der Waals surface area contributed by atoms with E-state index in [0.29, 0.717) is 15.8 Å². The van der Waals surface area contributed by atoms with Gasteiger partial charge in [0.05, 0.1) is 15.8 Å². The van der Waals surface area contributed by atoms with Gasteiger partial charge in [-0.2, -0.15) is 0 Å². The zero-order valence-corrected chi connectivity index (χ0v) is 10.1. The average molecular weight is 273 g/mol. The second kappa shape index (κ2) is 5.16. The second-order valence-corrected chi connectivity index (χ2v) is 4.28. The van der Waals surface area contributed by atoms with Crippen molar-refractivity contribution in [3.63, 3.8) is 0 Å². The van der Waals surface area contributed by atoms with Crippen LogP contribution in [-0.4, -0.2) is 6.04 Å². The third kappa shape index (κ3) is 3.23. The molecule has 4 heteroatoms. The number of nitrogen functional groups attached to an aromatic ring is 1. The van der Waals surface area contributed by atoms with Crippen molar-refractivity contribution in [2.24, 2.45) is 0 Å². The Bertz CT molecular complexity index is 366. The smallest absolute Gasteiger partial charge is 0.139 e. The van der Waals surface area contributed by atoms with Gasteiger partial charge in [0.2, 0.25) is 0 Å². The molecule has 1 aromatic rings. The molecular weight excluding hydrogens is 259 g/mol. The van der Waals surface area contributed by atoms with Crippen LogP contribution in [0.1, 0.15) is 13.3 Å². The van der Waals surface area contributed by atoms with Gasteiger partial charge in [0.25, 0.3) is 0 Å². The standard InChI is InChI=1S/C11H14BrFN2/c1-3-4-7(2)15-11-6-9(13)8(12)5-10(11)14/h3,5-7,15H,1,4,14H2,2H3. The lowest BCUT2D eigenvalue weighted by Gasteiger charge is -2.15. The molecule has 1 unspecified atom stereocenters. The molecular formula is C11H14BrFN2. The number of hydrogen-bond donors (Lipinski definition) is 2. The van der Waals surface area contributed by atoms with Crippen LogP contribution in [0.15, 0.2) is 29.3 Å². The number of nitrogens with one attached hydrogen (secondary N) is 1. The number of halogens is 2. The summed E-state index contributed by atoms with van der Waals surface area (Å²) in [6.07, 6.45) is 2.61. The third-order valence-electron chi connectivity index (χ3n) is 2.01. The van der Waals surface area contributed by atoms with Gasteiger partial charge in [0.15, 0.2) is 0 Å². The predicted octanol–water partition coefficient (Wildman–Crippen LogP) is 3.55. The van der Waals surface area contributed by atoms with Crippen molar-refractivity contribution in [3.05, 3.63) is 35.1 Å². The van der Waals surface area contributed by atoms with Crippen molar-refractivity contribution in [3.8, 4) is 0 Å². The van der Waals surface area contributed by atoms with E-state index < -0.39 is 0 Å². The summed E-state index contributed by atoms with van der Waals surface area (Å²) in [4.78, 5) is 0. The van der Waals surface area contributed by atoms with Gasteiger partial charge in [-0.3, -0.25) is 0 Å². The molecule has 0 aromatic heterocycles. The summed E-state index contributed by atoms with van der Waals surface area (Å²) in [5.74, 6) is -0.322. The van der Waals surface area contributed by atoms with E-state index in [9.17, 15) is 4.39 Å². The summed E-state index contributed by atoms with van der Waals surface area (Å²) in [6, 6.07) is 3.13. The van der Waals surface area contributed by atoms with Gasteiger partial charge in [-0.25, -0.2) is 4.39 Å². The SMILES string of the molecule is C=CCC(C)Nc1cc(F)c(Br)cc1N. The highest BCUT2D eigenvalue weighted by atomic mass is 79.9. The molecule has 1 aromatic carbocycles. The molecule has 0 aliphatic heterocycles. The predicted molar refractivity (Wildman–Crippen MR) is 66.4 cm³/mol. The van der Waals surface area contributed by atoms with E-state index in [1.54, 1.807) is 6.07 Å². The van der Waals surface area contributed by atoms with Gasteiger partial charge in [-0.05, 0) is 35.3 Å². The Morgan fingerprint density at radius 2 is 2.33 bits per heavy atom. The minimum Gasteiger partial charge on any atom is -0.397 e. The maximum atomic E-state index is 13.2. The zero-order chi connectivity index (χ0) is 11.4. The minimum absolute atomic E-state index is 0.186. The Kier molecular flexibility index (Phi) is 4.15. The molecule has 0 saturated carbocycles. The molecule has 82 valence electrons. The molecule has 0 amide bonds. The quantitative estimate of drug-likeness (QED) is 0.650. The summed E-state index contributed by atoms with van der Waals surface area (Å²) in [7, 11) is 0. The lowest BCUT2D eigenvalue weighted by molar-refractivity contribution is 0.621. The summed E-state index contributed by atoms with van der Waals surface area (Å²) < 4.78 is 13.6. The molecule has 0 saturated heterocycles. The van der Waals surface area contributed by atoms with Crippen LogP contribution in [0.2, 0.25) is 0 Å². The fourth-order valence-corrected chi connectivity index (χ4v) is 1.62. The first kappa shape index (κ1) is 12.0. The van der Waals surface area contributed by atoms with Crippen LogP contribution in [0.3, 0.4) is 0 Å². The third-order valence-corrected chi connectivity index (χ3v) is 2.62. The van der Waals surface area contributed by atoms with Crippen molar-refractivity contribution >= 4 is 27.3 Å². The van der Waals surface area contributed by atoms with Crippen LogP contribution in [0.25, 0.3) is 0 Å². The Balaban J connectivity index is 2.85.